The molecule has 1 aromatic rings. The predicted octanol–water partition coefficient (Wildman–Crippen LogP) is 0.919. The molecule has 244 valence electrons. The Labute approximate surface area is 257 Å². The third-order valence-corrected chi connectivity index (χ3v) is 6.95. The van der Waals surface area contributed by atoms with Gasteiger partial charge in [0.1, 0.15) is 18.7 Å². The number of carbonyl (C=O) groups is 5. The molecule has 0 unspecified atom stereocenters. The van der Waals surface area contributed by atoms with Crippen LogP contribution in [0.4, 0.5) is 4.79 Å². The van der Waals surface area contributed by atoms with Gasteiger partial charge in [0.25, 0.3) is 10.1 Å². The number of esters is 1. The van der Waals surface area contributed by atoms with Gasteiger partial charge in [0, 0.05) is 24.6 Å². The SMILES string of the molecule is CCOC(=O)/C=C/[C@H](C[C@@H]1CCNC1=O)NC(=O)[C@H](CC(C)C)NC(=O)[C@H](COS(C)(=O)=O)NC(=O)OCc1ccccc1. The molecule has 44 heavy (non-hydrogen) atoms. The summed E-state index contributed by atoms with van der Waals surface area (Å²) in [5.41, 5.74) is 0.686. The van der Waals surface area contributed by atoms with Crippen LogP contribution in [0.15, 0.2) is 42.5 Å². The van der Waals surface area contributed by atoms with E-state index in [0.29, 0.717) is 18.5 Å². The molecule has 0 spiro atoms. The van der Waals surface area contributed by atoms with E-state index in [1.807, 2.05) is 13.8 Å². The lowest BCUT2D eigenvalue weighted by molar-refractivity contribution is -0.137. The highest BCUT2D eigenvalue weighted by atomic mass is 32.2. The van der Waals surface area contributed by atoms with E-state index in [-0.39, 0.29) is 37.9 Å². The summed E-state index contributed by atoms with van der Waals surface area (Å²) in [6.45, 7) is 5.11. The summed E-state index contributed by atoms with van der Waals surface area (Å²) in [6, 6.07) is 5.36. The van der Waals surface area contributed by atoms with Crippen molar-refractivity contribution in [3.63, 3.8) is 0 Å². The summed E-state index contributed by atoms with van der Waals surface area (Å²) >= 11 is 0. The number of benzene rings is 1. The molecule has 4 N–H and O–H groups in total. The standard InChI is InChI=1S/C29H42N4O10S/c1-5-41-25(34)12-11-22(16-21-13-14-30-26(21)35)31-27(36)23(15-19(2)3)32-28(37)24(18-43-44(4,39)40)33-29(38)42-17-20-9-7-6-8-10-20/h6-12,19,21-24H,5,13-18H2,1-4H3,(H,30,35)(H,31,36)(H,32,37)(H,33,38)/b12-11+/t21-,22+,23-,24-/m0/s1. The zero-order valence-electron chi connectivity index (χ0n) is 25.4. The number of alkyl carbamates (subject to hydrolysis) is 1. The second-order valence-electron chi connectivity index (χ2n) is 10.7. The second-order valence-corrected chi connectivity index (χ2v) is 12.3. The predicted molar refractivity (Wildman–Crippen MR) is 159 cm³/mol. The van der Waals surface area contributed by atoms with Crippen LogP contribution in [-0.4, -0.2) is 82.3 Å². The number of carbonyl (C=O) groups excluding carboxylic acids is 5. The van der Waals surface area contributed by atoms with Crippen LogP contribution in [0.1, 0.15) is 45.6 Å². The molecule has 15 heteroatoms. The molecule has 0 aromatic heterocycles. The van der Waals surface area contributed by atoms with E-state index in [4.69, 9.17) is 13.7 Å². The van der Waals surface area contributed by atoms with Crippen LogP contribution in [0.3, 0.4) is 0 Å². The van der Waals surface area contributed by atoms with E-state index in [9.17, 15) is 32.4 Å². The summed E-state index contributed by atoms with van der Waals surface area (Å²) < 4.78 is 38.1. The molecule has 0 aliphatic carbocycles. The van der Waals surface area contributed by atoms with Gasteiger partial charge < -0.3 is 30.7 Å². The van der Waals surface area contributed by atoms with Gasteiger partial charge >= 0.3 is 12.1 Å². The normalized spacial score (nSPS) is 16.9. The third kappa shape index (κ3) is 14.0. The van der Waals surface area contributed by atoms with E-state index in [0.717, 1.165) is 6.26 Å². The number of rotatable bonds is 17. The van der Waals surface area contributed by atoms with Crippen LogP contribution < -0.4 is 21.3 Å². The Hall–Kier alpha value is -3.98. The molecular formula is C29H42N4O10S. The minimum atomic E-state index is -3.99. The molecule has 1 aliphatic heterocycles. The third-order valence-electron chi connectivity index (χ3n) is 6.39. The minimum absolute atomic E-state index is 0.0744. The number of hydrogen-bond acceptors (Lipinski definition) is 10. The number of hydrogen-bond donors (Lipinski definition) is 4. The fraction of sp³-hybridized carbons (Fsp3) is 0.552. The molecule has 1 aromatic carbocycles. The van der Waals surface area contributed by atoms with Crippen LogP contribution in [0, 0.1) is 11.8 Å². The van der Waals surface area contributed by atoms with Gasteiger partial charge in [0.15, 0.2) is 0 Å². The van der Waals surface area contributed by atoms with Crippen molar-refractivity contribution in [3.8, 4) is 0 Å². The van der Waals surface area contributed by atoms with Gasteiger partial charge in [-0.25, -0.2) is 9.59 Å². The molecule has 2 rings (SSSR count). The van der Waals surface area contributed by atoms with Crippen molar-refractivity contribution in [1.29, 1.82) is 0 Å². The Bertz CT molecular complexity index is 1270. The average molecular weight is 639 g/mol. The average Bonchev–Trinajstić information content (AvgIpc) is 3.36. The largest absolute Gasteiger partial charge is 0.463 e. The summed E-state index contributed by atoms with van der Waals surface area (Å²) in [5, 5.41) is 10.4. The van der Waals surface area contributed by atoms with E-state index < -0.39 is 64.6 Å². The first-order valence-corrected chi connectivity index (χ1v) is 16.1. The lowest BCUT2D eigenvalue weighted by Gasteiger charge is -2.26. The number of nitrogens with one attached hydrogen (secondary N) is 4. The fourth-order valence-corrected chi connectivity index (χ4v) is 4.67. The molecular weight excluding hydrogens is 596 g/mol. The first kappa shape index (κ1) is 36.2. The highest BCUT2D eigenvalue weighted by Crippen LogP contribution is 2.17. The summed E-state index contributed by atoms with van der Waals surface area (Å²) in [7, 11) is -3.99. The van der Waals surface area contributed by atoms with Crippen LogP contribution in [0.25, 0.3) is 0 Å². The van der Waals surface area contributed by atoms with Gasteiger partial charge in [-0.3, -0.25) is 18.6 Å². The van der Waals surface area contributed by atoms with Crippen molar-refractivity contribution < 1.29 is 46.0 Å². The zero-order valence-corrected chi connectivity index (χ0v) is 26.2. The number of ether oxygens (including phenoxy) is 2. The maximum atomic E-state index is 13.5. The molecule has 1 heterocycles. The maximum absolute atomic E-state index is 13.5. The number of amides is 4. The van der Waals surface area contributed by atoms with Gasteiger partial charge in [0.2, 0.25) is 17.7 Å². The Morgan fingerprint density at radius 2 is 1.70 bits per heavy atom. The van der Waals surface area contributed by atoms with E-state index in [1.165, 1.54) is 12.2 Å². The van der Waals surface area contributed by atoms with Crippen LogP contribution in [-0.2, 0) is 49.6 Å². The first-order chi connectivity index (χ1) is 20.8. The summed E-state index contributed by atoms with van der Waals surface area (Å²) in [5.74, 6) is -2.75. The molecule has 4 amide bonds. The Balaban J connectivity index is 2.18. The molecule has 0 bridgehead atoms. The Kier molecular flexibility index (Phi) is 14.8. The van der Waals surface area contributed by atoms with Gasteiger partial charge in [0.05, 0.1) is 19.5 Å². The lowest BCUT2D eigenvalue weighted by atomic mass is 9.97. The quantitative estimate of drug-likeness (QED) is 0.108. The van der Waals surface area contributed by atoms with Crippen molar-refractivity contribution in [2.75, 3.05) is 26.0 Å². The minimum Gasteiger partial charge on any atom is -0.463 e. The molecule has 14 nitrogen and oxygen atoms in total. The van der Waals surface area contributed by atoms with E-state index in [1.54, 1.807) is 37.3 Å². The summed E-state index contributed by atoms with van der Waals surface area (Å²) in [6.07, 6.45) is 3.32. The highest BCUT2D eigenvalue weighted by molar-refractivity contribution is 7.85. The van der Waals surface area contributed by atoms with Crippen molar-refractivity contribution in [3.05, 3.63) is 48.0 Å². The topological polar surface area (TPSA) is 195 Å². The van der Waals surface area contributed by atoms with Crippen molar-refractivity contribution in [1.82, 2.24) is 21.3 Å². The Morgan fingerprint density at radius 1 is 1.02 bits per heavy atom. The van der Waals surface area contributed by atoms with Crippen LogP contribution in [0.2, 0.25) is 0 Å². The Morgan fingerprint density at radius 3 is 2.30 bits per heavy atom. The maximum Gasteiger partial charge on any atom is 0.408 e. The fourth-order valence-electron chi connectivity index (χ4n) is 4.29. The van der Waals surface area contributed by atoms with E-state index in [2.05, 4.69) is 21.3 Å². The van der Waals surface area contributed by atoms with Gasteiger partial charge in [-0.05, 0) is 37.7 Å². The monoisotopic (exact) mass is 638 g/mol. The molecule has 1 fully saturated rings. The molecule has 1 saturated heterocycles. The highest BCUT2D eigenvalue weighted by Gasteiger charge is 2.32. The van der Waals surface area contributed by atoms with Gasteiger partial charge in [-0.1, -0.05) is 50.3 Å². The molecule has 4 atom stereocenters. The summed E-state index contributed by atoms with van der Waals surface area (Å²) in [4.78, 5) is 63.4. The van der Waals surface area contributed by atoms with Crippen LogP contribution in [0.5, 0.6) is 0 Å². The van der Waals surface area contributed by atoms with Gasteiger partial charge in [-0.2, -0.15) is 8.42 Å². The zero-order chi connectivity index (χ0) is 32.7. The van der Waals surface area contributed by atoms with Gasteiger partial charge in [-0.15, -0.1) is 0 Å². The van der Waals surface area contributed by atoms with Crippen molar-refractivity contribution in [2.45, 2.75) is 64.8 Å². The molecule has 0 saturated carbocycles. The lowest BCUT2D eigenvalue weighted by Crippen LogP contribution is -2.56. The van der Waals surface area contributed by atoms with Crippen molar-refractivity contribution >= 4 is 39.9 Å². The first-order valence-electron chi connectivity index (χ1n) is 14.3. The second kappa shape index (κ2) is 18.0. The smallest absolute Gasteiger partial charge is 0.408 e. The molecule has 0 radical (unpaired) electrons. The molecule has 1 aliphatic rings. The van der Waals surface area contributed by atoms with Crippen LogP contribution >= 0.6 is 0 Å². The van der Waals surface area contributed by atoms with Crippen molar-refractivity contribution in [2.24, 2.45) is 11.8 Å². The van der Waals surface area contributed by atoms with E-state index >= 15 is 0 Å².